The minimum atomic E-state index is 0.865. The van der Waals surface area contributed by atoms with Crippen LogP contribution in [0.15, 0.2) is 48.7 Å². The zero-order chi connectivity index (χ0) is 10.5. The highest BCUT2D eigenvalue weighted by atomic mass is 32.1. The first-order valence-corrected chi connectivity index (χ1v) is 5.65. The summed E-state index contributed by atoms with van der Waals surface area (Å²) in [6, 6.07) is 14.3. The molecule has 1 aromatic heterocycles. The summed E-state index contributed by atoms with van der Waals surface area (Å²) in [6.45, 7) is 0. The molecule has 2 aromatic rings. The van der Waals surface area contributed by atoms with Crippen LogP contribution < -0.4 is 0 Å². The molecule has 0 N–H and O–H groups in total. The van der Waals surface area contributed by atoms with Gasteiger partial charge in [0, 0.05) is 11.8 Å². The van der Waals surface area contributed by atoms with Gasteiger partial charge in [-0.3, -0.25) is 4.98 Å². The Balaban J connectivity index is 2.43. The molecule has 0 saturated heterocycles. The Labute approximate surface area is 95.6 Å². The molecule has 0 bridgehead atoms. The van der Waals surface area contributed by atoms with Crippen molar-refractivity contribution in [1.29, 1.82) is 0 Å². The molecule has 0 amide bonds. The number of rotatable bonds is 3. The number of nitrogens with zero attached hydrogens (tertiary/aromatic N) is 1. The van der Waals surface area contributed by atoms with Gasteiger partial charge < -0.3 is 0 Å². The summed E-state index contributed by atoms with van der Waals surface area (Å²) in [5, 5.41) is 0. The van der Waals surface area contributed by atoms with Crippen molar-refractivity contribution >= 4 is 12.6 Å². The van der Waals surface area contributed by atoms with Crippen molar-refractivity contribution in [3.8, 4) is 11.3 Å². The smallest absolute Gasteiger partial charge is 0.0704 e. The number of thiol groups is 1. The molecule has 0 aliphatic rings. The number of hydrogen-bond acceptors (Lipinski definition) is 2. The minimum Gasteiger partial charge on any atom is -0.256 e. The molecule has 0 saturated carbocycles. The average Bonchev–Trinajstić information content (AvgIpc) is 2.31. The van der Waals surface area contributed by atoms with Crippen LogP contribution in [0.2, 0.25) is 0 Å². The van der Waals surface area contributed by atoms with Gasteiger partial charge in [0.05, 0.1) is 5.69 Å². The van der Waals surface area contributed by atoms with E-state index in [4.69, 9.17) is 0 Å². The van der Waals surface area contributed by atoms with E-state index in [1.54, 1.807) is 0 Å². The first-order chi connectivity index (χ1) is 7.42. The third-order valence-corrected chi connectivity index (χ3v) is 2.56. The van der Waals surface area contributed by atoms with Crippen LogP contribution in [0.3, 0.4) is 0 Å². The van der Waals surface area contributed by atoms with E-state index in [9.17, 15) is 0 Å². The lowest BCUT2D eigenvalue weighted by molar-refractivity contribution is 1.16. The van der Waals surface area contributed by atoms with Gasteiger partial charge in [-0.05, 0) is 29.9 Å². The molecule has 0 radical (unpaired) electrons. The van der Waals surface area contributed by atoms with Gasteiger partial charge >= 0.3 is 0 Å². The Bertz CT molecular complexity index is 426. The van der Waals surface area contributed by atoms with Gasteiger partial charge in [-0.2, -0.15) is 12.6 Å². The van der Waals surface area contributed by atoms with Crippen molar-refractivity contribution in [2.24, 2.45) is 0 Å². The van der Waals surface area contributed by atoms with Crippen molar-refractivity contribution < 1.29 is 0 Å². The van der Waals surface area contributed by atoms with Crippen molar-refractivity contribution in [3.63, 3.8) is 0 Å². The molecule has 0 atom stereocenters. The molecule has 76 valence electrons. The highest BCUT2D eigenvalue weighted by Gasteiger charge is 2.03. The number of hydrogen-bond donors (Lipinski definition) is 1. The van der Waals surface area contributed by atoms with Crippen LogP contribution in [0.4, 0.5) is 0 Å². The lowest BCUT2D eigenvalue weighted by atomic mass is 10.0. The molecule has 1 aromatic carbocycles. The van der Waals surface area contributed by atoms with E-state index in [-0.39, 0.29) is 0 Å². The minimum absolute atomic E-state index is 0.865. The molecule has 1 nitrogen and oxygen atoms in total. The van der Waals surface area contributed by atoms with Crippen LogP contribution in [0, 0.1) is 0 Å². The molecular formula is C13H13NS. The first-order valence-electron chi connectivity index (χ1n) is 5.02. The molecule has 0 unspecified atom stereocenters. The Morgan fingerprint density at radius 2 is 1.80 bits per heavy atom. The Morgan fingerprint density at radius 1 is 1.00 bits per heavy atom. The standard InChI is InChI=1S/C13H13NS/c15-10-8-11-5-1-2-6-12(11)13-7-3-4-9-14-13/h1-7,9,15H,8,10H2. The molecule has 0 aliphatic heterocycles. The van der Waals surface area contributed by atoms with Crippen molar-refractivity contribution in [3.05, 3.63) is 54.2 Å². The molecule has 0 spiro atoms. The quantitative estimate of drug-likeness (QED) is 0.776. The fourth-order valence-electron chi connectivity index (χ4n) is 1.63. The van der Waals surface area contributed by atoms with E-state index in [1.807, 2.05) is 30.5 Å². The van der Waals surface area contributed by atoms with Crippen molar-refractivity contribution in [2.45, 2.75) is 6.42 Å². The molecule has 2 heteroatoms. The van der Waals surface area contributed by atoms with Crippen LogP contribution in [-0.4, -0.2) is 10.7 Å². The molecule has 1 heterocycles. The maximum atomic E-state index is 4.37. The topological polar surface area (TPSA) is 12.9 Å². The summed E-state index contributed by atoms with van der Waals surface area (Å²) >= 11 is 4.27. The largest absolute Gasteiger partial charge is 0.256 e. The van der Waals surface area contributed by atoms with Crippen molar-refractivity contribution in [2.75, 3.05) is 5.75 Å². The second-order valence-electron chi connectivity index (χ2n) is 3.35. The SMILES string of the molecule is SCCc1ccccc1-c1ccccn1. The molecule has 15 heavy (non-hydrogen) atoms. The summed E-state index contributed by atoms with van der Waals surface area (Å²) in [7, 11) is 0. The maximum absolute atomic E-state index is 4.37. The van der Waals surface area contributed by atoms with Crippen LogP contribution in [0.1, 0.15) is 5.56 Å². The predicted molar refractivity (Wildman–Crippen MR) is 67.2 cm³/mol. The van der Waals surface area contributed by atoms with E-state index in [0.717, 1.165) is 17.9 Å². The molecular weight excluding hydrogens is 202 g/mol. The zero-order valence-corrected chi connectivity index (χ0v) is 9.32. The normalized spacial score (nSPS) is 10.2. The molecule has 0 fully saturated rings. The number of benzene rings is 1. The summed E-state index contributed by atoms with van der Waals surface area (Å²) < 4.78 is 0. The van der Waals surface area contributed by atoms with Gasteiger partial charge in [0.2, 0.25) is 0 Å². The van der Waals surface area contributed by atoms with E-state index in [2.05, 4.69) is 35.8 Å². The fraction of sp³-hybridized carbons (Fsp3) is 0.154. The van der Waals surface area contributed by atoms with Gasteiger partial charge in [-0.1, -0.05) is 30.3 Å². The second kappa shape index (κ2) is 4.99. The summed E-state index contributed by atoms with van der Waals surface area (Å²) in [6.07, 6.45) is 2.81. The average molecular weight is 215 g/mol. The van der Waals surface area contributed by atoms with Crippen LogP contribution in [-0.2, 0) is 6.42 Å². The fourth-order valence-corrected chi connectivity index (χ4v) is 1.87. The Morgan fingerprint density at radius 3 is 2.53 bits per heavy atom. The lowest BCUT2D eigenvalue weighted by Crippen LogP contribution is -1.92. The van der Waals surface area contributed by atoms with E-state index in [0.29, 0.717) is 0 Å². The van der Waals surface area contributed by atoms with Gasteiger partial charge in [0.25, 0.3) is 0 Å². The van der Waals surface area contributed by atoms with Crippen molar-refractivity contribution in [1.82, 2.24) is 4.98 Å². The van der Waals surface area contributed by atoms with Crippen LogP contribution in [0.25, 0.3) is 11.3 Å². The maximum Gasteiger partial charge on any atom is 0.0704 e. The number of aromatic nitrogens is 1. The second-order valence-corrected chi connectivity index (χ2v) is 3.79. The Kier molecular flexibility index (Phi) is 3.41. The monoisotopic (exact) mass is 215 g/mol. The van der Waals surface area contributed by atoms with Gasteiger partial charge in [-0.15, -0.1) is 0 Å². The number of aryl methyl sites for hydroxylation is 1. The van der Waals surface area contributed by atoms with Gasteiger partial charge in [-0.25, -0.2) is 0 Å². The third kappa shape index (κ3) is 2.39. The summed E-state index contributed by atoms with van der Waals surface area (Å²) in [5.41, 5.74) is 3.56. The first kappa shape index (κ1) is 10.2. The van der Waals surface area contributed by atoms with E-state index < -0.39 is 0 Å². The molecule has 2 rings (SSSR count). The van der Waals surface area contributed by atoms with Gasteiger partial charge in [0.15, 0.2) is 0 Å². The zero-order valence-electron chi connectivity index (χ0n) is 8.43. The van der Waals surface area contributed by atoms with E-state index in [1.165, 1.54) is 11.1 Å². The third-order valence-electron chi connectivity index (χ3n) is 2.34. The van der Waals surface area contributed by atoms with E-state index >= 15 is 0 Å². The highest BCUT2D eigenvalue weighted by molar-refractivity contribution is 7.80. The lowest BCUT2D eigenvalue weighted by Gasteiger charge is -2.07. The molecule has 0 aliphatic carbocycles. The van der Waals surface area contributed by atoms with Crippen LogP contribution >= 0.6 is 12.6 Å². The Hall–Kier alpha value is -1.28. The number of pyridine rings is 1. The van der Waals surface area contributed by atoms with Gasteiger partial charge in [0.1, 0.15) is 0 Å². The predicted octanol–water partition coefficient (Wildman–Crippen LogP) is 3.22. The summed E-state index contributed by atoms with van der Waals surface area (Å²) in [4.78, 5) is 4.37. The summed E-state index contributed by atoms with van der Waals surface area (Å²) in [5.74, 6) is 0.865. The van der Waals surface area contributed by atoms with Crippen LogP contribution in [0.5, 0.6) is 0 Å². The highest BCUT2D eigenvalue weighted by Crippen LogP contribution is 2.21.